The van der Waals surface area contributed by atoms with Crippen LogP contribution in [0.3, 0.4) is 0 Å². The summed E-state index contributed by atoms with van der Waals surface area (Å²) in [6.45, 7) is 6.51. The van der Waals surface area contributed by atoms with Crippen LogP contribution in [0.25, 0.3) is 0 Å². The van der Waals surface area contributed by atoms with Gasteiger partial charge in [0.05, 0.1) is 0 Å². The standard InChI is InChI=1S/C15H25N3O/c1-2-7-16-15-6-5-13(9-17-15)10-18-8-3-4-14(11-18)12-19/h5-6,9,14,19H,2-4,7-8,10-12H2,1H3,(H,16,17). The zero-order valence-electron chi connectivity index (χ0n) is 11.8. The van der Waals surface area contributed by atoms with Gasteiger partial charge in [-0.15, -0.1) is 0 Å². The Bertz CT molecular complexity index is 366. The summed E-state index contributed by atoms with van der Waals surface area (Å²) in [4.78, 5) is 6.85. The Morgan fingerprint density at radius 1 is 1.47 bits per heavy atom. The van der Waals surface area contributed by atoms with Gasteiger partial charge in [-0.05, 0) is 43.4 Å². The van der Waals surface area contributed by atoms with Crippen molar-refractivity contribution in [3.63, 3.8) is 0 Å². The highest BCUT2D eigenvalue weighted by atomic mass is 16.3. The van der Waals surface area contributed by atoms with Gasteiger partial charge >= 0.3 is 0 Å². The van der Waals surface area contributed by atoms with E-state index in [-0.39, 0.29) is 0 Å². The van der Waals surface area contributed by atoms with E-state index in [4.69, 9.17) is 0 Å². The van der Waals surface area contributed by atoms with E-state index in [9.17, 15) is 5.11 Å². The molecule has 1 aliphatic rings. The van der Waals surface area contributed by atoms with Gasteiger partial charge in [-0.1, -0.05) is 13.0 Å². The average molecular weight is 263 g/mol. The molecule has 2 heterocycles. The first-order chi connectivity index (χ1) is 9.31. The molecule has 0 spiro atoms. The largest absolute Gasteiger partial charge is 0.396 e. The number of piperidine rings is 1. The van der Waals surface area contributed by atoms with Crippen molar-refractivity contribution in [1.29, 1.82) is 0 Å². The minimum atomic E-state index is 0.314. The Hall–Kier alpha value is -1.13. The fourth-order valence-corrected chi connectivity index (χ4v) is 2.58. The number of hydrogen-bond donors (Lipinski definition) is 2. The van der Waals surface area contributed by atoms with Crippen LogP contribution in [0.2, 0.25) is 0 Å². The van der Waals surface area contributed by atoms with Gasteiger partial charge in [-0.2, -0.15) is 0 Å². The molecule has 0 radical (unpaired) electrons. The van der Waals surface area contributed by atoms with E-state index in [0.717, 1.165) is 44.8 Å². The Balaban J connectivity index is 1.85. The topological polar surface area (TPSA) is 48.4 Å². The second-order valence-corrected chi connectivity index (χ2v) is 5.40. The number of likely N-dealkylation sites (tertiary alicyclic amines) is 1. The minimum absolute atomic E-state index is 0.314. The van der Waals surface area contributed by atoms with Gasteiger partial charge < -0.3 is 10.4 Å². The van der Waals surface area contributed by atoms with Gasteiger partial charge in [0.15, 0.2) is 0 Å². The lowest BCUT2D eigenvalue weighted by Crippen LogP contribution is -2.36. The predicted octanol–water partition coefficient (Wildman–Crippen LogP) is 2.11. The Labute approximate surface area is 115 Å². The van der Waals surface area contributed by atoms with E-state index >= 15 is 0 Å². The maximum Gasteiger partial charge on any atom is 0.125 e. The fraction of sp³-hybridized carbons (Fsp3) is 0.667. The van der Waals surface area contributed by atoms with Crippen molar-refractivity contribution in [3.8, 4) is 0 Å². The van der Waals surface area contributed by atoms with Gasteiger partial charge in [0.1, 0.15) is 5.82 Å². The lowest BCUT2D eigenvalue weighted by molar-refractivity contribution is 0.116. The van der Waals surface area contributed by atoms with Crippen molar-refractivity contribution < 1.29 is 5.11 Å². The molecule has 1 aromatic rings. The van der Waals surface area contributed by atoms with E-state index in [1.54, 1.807) is 0 Å². The van der Waals surface area contributed by atoms with Crippen LogP contribution in [-0.4, -0.2) is 41.2 Å². The summed E-state index contributed by atoms with van der Waals surface area (Å²) in [6.07, 6.45) is 5.42. The van der Waals surface area contributed by atoms with Crippen LogP contribution in [0.4, 0.5) is 5.82 Å². The van der Waals surface area contributed by atoms with Crippen molar-refractivity contribution in [2.24, 2.45) is 5.92 Å². The Morgan fingerprint density at radius 2 is 2.37 bits per heavy atom. The first kappa shape index (κ1) is 14.3. The Morgan fingerprint density at radius 3 is 3.05 bits per heavy atom. The van der Waals surface area contributed by atoms with Crippen molar-refractivity contribution >= 4 is 5.82 Å². The molecule has 1 aliphatic heterocycles. The maximum atomic E-state index is 9.25. The van der Waals surface area contributed by atoms with Gasteiger partial charge in [0, 0.05) is 32.4 Å². The summed E-state index contributed by atoms with van der Waals surface area (Å²) in [5, 5.41) is 12.5. The van der Waals surface area contributed by atoms with Crippen molar-refractivity contribution in [1.82, 2.24) is 9.88 Å². The third-order valence-electron chi connectivity index (χ3n) is 3.65. The second-order valence-electron chi connectivity index (χ2n) is 5.40. The van der Waals surface area contributed by atoms with E-state index in [1.165, 1.54) is 12.0 Å². The Kier molecular flexibility index (Phi) is 5.61. The van der Waals surface area contributed by atoms with Crippen LogP contribution in [-0.2, 0) is 6.54 Å². The average Bonchev–Trinajstić information content (AvgIpc) is 2.47. The molecule has 1 fully saturated rings. The van der Waals surface area contributed by atoms with Crippen molar-refractivity contribution in [2.45, 2.75) is 32.7 Å². The molecule has 4 heteroatoms. The first-order valence-corrected chi connectivity index (χ1v) is 7.34. The number of aromatic nitrogens is 1. The SMILES string of the molecule is CCCNc1ccc(CN2CCCC(CO)C2)cn1. The highest BCUT2D eigenvalue weighted by Gasteiger charge is 2.19. The van der Waals surface area contributed by atoms with Crippen LogP contribution in [0, 0.1) is 5.92 Å². The molecule has 1 atom stereocenters. The van der Waals surface area contributed by atoms with Crippen molar-refractivity contribution in [2.75, 3.05) is 31.6 Å². The molecule has 1 aromatic heterocycles. The first-order valence-electron chi connectivity index (χ1n) is 7.34. The molecule has 2 rings (SSSR count). The highest BCUT2D eigenvalue weighted by Crippen LogP contribution is 2.18. The zero-order chi connectivity index (χ0) is 13.5. The molecule has 0 bridgehead atoms. The summed E-state index contributed by atoms with van der Waals surface area (Å²) in [7, 11) is 0. The molecule has 0 aromatic carbocycles. The molecule has 1 saturated heterocycles. The molecule has 19 heavy (non-hydrogen) atoms. The summed E-state index contributed by atoms with van der Waals surface area (Å²) < 4.78 is 0. The third kappa shape index (κ3) is 4.48. The highest BCUT2D eigenvalue weighted by molar-refractivity contribution is 5.35. The summed E-state index contributed by atoms with van der Waals surface area (Å²) in [5.41, 5.74) is 1.25. The smallest absolute Gasteiger partial charge is 0.125 e. The monoisotopic (exact) mass is 263 g/mol. The maximum absolute atomic E-state index is 9.25. The van der Waals surface area contributed by atoms with E-state index in [2.05, 4.69) is 34.3 Å². The molecule has 1 unspecified atom stereocenters. The van der Waals surface area contributed by atoms with Crippen LogP contribution < -0.4 is 5.32 Å². The molecular weight excluding hydrogens is 238 g/mol. The number of nitrogens with zero attached hydrogens (tertiary/aromatic N) is 2. The zero-order valence-corrected chi connectivity index (χ0v) is 11.8. The third-order valence-corrected chi connectivity index (χ3v) is 3.65. The molecule has 106 valence electrons. The van der Waals surface area contributed by atoms with Gasteiger partial charge in [-0.25, -0.2) is 4.98 Å². The summed E-state index contributed by atoms with van der Waals surface area (Å²) in [5.74, 6) is 1.41. The lowest BCUT2D eigenvalue weighted by atomic mass is 9.99. The fourth-order valence-electron chi connectivity index (χ4n) is 2.58. The van der Waals surface area contributed by atoms with E-state index in [1.807, 2.05) is 6.20 Å². The molecule has 2 N–H and O–H groups in total. The molecule has 0 saturated carbocycles. The van der Waals surface area contributed by atoms with E-state index < -0.39 is 0 Å². The second kappa shape index (κ2) is 7.46. The van der Waals surface area contributed by atoms with Gasteiger partial charge in [-0.3, -0.25) is 4.90 Å². The summed E-state index contributed by atoms with van der Waals surface area (Å²) >= 11 is 0. The quantitative estimate of drug-likeness (QED) is 0.825. The molecule has 0 aliphatic carbocycles. The predicted molar refractivity (Wildman–Crippen MR) is 78.1 cm³/mol. The number of nitrogens with one attached hydrogen (secondary N) is 1. The van der Waals surface area contributed by atoms with Gasteiger partial charge in [0.25, 0.3) is 0 Å². The molecule has 0 amide bonds. The number of rotatable bonds is 6. The van der Waals surface area contributed by atoms with Crippen LogP contribution >= 0.6 is 0 Å². The number of pyridine rings is 1. The van der Waals surface area contributed by atoms with E-state index in [0.29, 0.717) is 12.5 Å². The van der Waals surface area contributed by atoms with Crippen molar-refractivity contribution in [3.05, 3.63) is 23.9 Å². The number of anilines is 1. The lowest BCUT2D eigenvalue weighted by Gasteiger charge is -2.31. The molecule has 4 nitrogen and oxygen atoms in total. The normalized spacial score (nSPS) is 20.4. The molecular formula is C15H25N3O. The number of aliphatic hydroxyl groups is 1. The summed E-state index contributed by atoms with van der Waals surface area (Å²) in [6, 6.07) is 4.20. The number of hydrogen-bond acceptors (Lipinski definition) is 4. The minimum Gasteiger partial charge on any atom is -0.396 e. The number of aliphatic hydroxyl groups excluding tert-OH is 1. The van der Waals surface area contributed by atoms with Crippen LogP contribution in [0.15, 0.2) is 18.3 Å². The van der Waals surface area contributed by atoms with Gasteiger partial charge in [0.2, 0.25) is 0 Å². The van der Waals surface area contributed by atoms with Crippen LogP contribution in [0.5, 0.6) is 0 Å². The van der Waals surface area contributed by atoms with Crippen LogP contribution in [0.1, 0.15) is 31.7 Å².